The zero-order valence-corrected chi connectivity index (χ0v) is 7.66. The average molecular weight is 199 g/mol. The van der Waals surface area contributed by atoms with Crippen molar-refractivity contribution in [3.8, 4) is 5.75 Å². The number of aliphatic hydroxyl groups is 1. The zero-order valence-electron chi connectivity index (χ0n) is 7.66. The normalized spacial score (nSPS) is 20.4. The molecule has 76 valence electrons. The summed E-state index contributed by atoms with van der Waals surface area (Å²) < 4.78 is 23.1. The highest BCUT2D eigenvalue weighted by molar-refractivity contribution is 5.39. The molecule has 1 aromatic rings. The van der Waals surface area contributed by atoms with Gasteiger partial charge in [0, 0.05) is 17.3 Å². The van der Waals surface area contributed by atoms with Gasteiger partial charge in [-0.05, 0) is 0 Å². The van der Waals surface area contributed by atoms with Crippen molar-refractivity contribution < 1.29 is 19.0 Å². The van der Waals surface area contributed by atoms with Crippen LogP contribution in [0.2, 0.25) is 0 Å². The number of hydrogen-bond acceptors (Lipinski definition) is 4. The Labute approximate surface area is 80.3 Å². The van der Waals surface area contributed by atoms with E-state index in [2.05, 4.69) is 4.98 Å². The molecule has 0 saturated carbocycles. The molecule has 0 spiro atoms. The van der Waals surface area contributed by atoms with Crippen molar-refractivity contribution in [2.24, 2.45) is 0 Å². The standard InChI is InChI=1S/C9H10FNO3/c1-13-8-6-3-14-4-7(12)5(6)2-11-9(8)10/h2,7,12H,3-4H2,1H3. The Hall–Kier alpha value is -1.20. The highest BCUT2D eigenvalue weighted by Gasteiger charge is 2.24. The highest BCUT2D eigenvalue weighted by Crippen LogP contribution is 2.32. The van der Waals surface area contributed by atoms with Gasteiger partial charge in [-0.3, -0.25) is 0 Å². The lowest BCUT2D eigenvalue weighted by atomic mass is 10.0. The summed E-state index contributed by atoms with van der Waals surface area (Å²) in [5.41, 5.74) is 1.12. The van der Waals surface area contributed by atoms with E-state index < -0.39 is 12.1 Å². The maximum absolute atomic E-state index is 13.1. The van der Waals surface area contributed by atoms with Crippen LogP contribution in [0.25, 0.3) is 0 Å². The summed E-state index contributed by atoms with van der Waals surface area (Å²) in [4.78, 5) is 3.51. The van der Waals surface area contributed by atoms with E-state index in [1.165, 1.54) is 13.3 Å². The average Bonchev–Trinajstić information content (AvgIpc) is 2.18. The van der Waals surface area contributed by atoms with Crippen LogP contribution < -0.4 is 4.74 Å². The van der Waals surface area contributed by atoms with E-state index in [0.29, 0.717) is 11.1 Å². The predicted octanol–water partition coefficient (Wildman–Crippen LogP) is 0.793. The lowest BCUT2D eigenvalue weighted by Crippen LogP contribution is -2.18. The first-order chi connectivity index (χ1) is 6.74. The van der Waals surface area contributed by atoms with Crippen molar-refractivity contribution >= 4 is 0 Å². The third-order valence-corrected chi connectivity index (χ3v) is 2.21. The minimum absolute atomic E-state index is 0.0567. The zero-order chi connectivity index (χ0) is 10.1. The second-order valence-corrected chi connectivity index (χ2v) is 3.05. The van der Waals surface area contributed by atoms with E-state index in [9.17, 15) is 9.50 Å². The Balaban J connectivity index is 2.55. The van der Waals surface area contributed by atoms with Gasteiger partial charge in [-0.25, -0.2) is 4.98 Å². The summed E-state index contributed by atoms with van der Waals surface area (Å²) in [6, 6.07) is 0. The first kappa shape index (κ1) is 9.36. The molecule has 0 saturated heterocycles. The van der Waals surface area contributed by atoms with E-state index >= 15 is 0 Å². The molecule has 14 heavy (non-hydrogen) atoms. The second kappa shape index (κ2) is 3.51. The Morgan fingerprint density at radius 1 is 1.71 bits per heavy atom. The minimum atomic E-state index is -0.749. The number of methoxy groups -OCH3 is 1. The summed E-state index contributed by atoms with van der Waals surface area (Å²) in [6.07, 6.45) is 0.571. The van der Waals surface area contributed by atoms with Crippen molar-refractivity contribution in [2.75, 3.05) is 13.7 Å². The quantitative estimate of drug-likeness (QED) is 0.679. The number of pyridine rings is 1. The maximum atomic E-state index is 13.1. The molecule has 0 amide bonds. The molecule has 0 fully saturated rings. The van der Waals surface area contributed by atoms with Crippen LogP contribution in [0.4, 0.5) is 4.39 Å². The molecule has 5 heteroatoms. The van der Waals surface area contributed by atoms with Crippen LogP contribution in [-0.4, -0.2) is 23.8 Å². The van der Waals surface area contributed by atoms with E-state index in [-0.39, 0.29) is 19.0 Å². The fourth-order valence-electron chi connectivity index (χ4n) is 1.52. The number of hydrogen-bond donors (Lipinski definition) is 1. The topological polar surface area (TPSA) is 51.6 Å². The van der Waals surface area contributed by atoms with E-state index in [1.54, 1.807) is 0 Å². The summed E-state index contributed by atoms with van der Waals surface area (Å²) in [7, 11) is 1.36. The maximum Gasteiger partial charge on any atom is 0.255 e. The van der Waals surface area contributed by atoms with Gasteiger partial charge in [0.1, 0.15) is 6.10 Å². The van der Waals surface area contributed by atoms with Crippen LogP contribution >= 0.6 is 0 Å². The fourth-order valence-corrected chi connectivity index (χ4v) is 1.52. The monoisotopic (exact) mass is 199 g/mol. The van der Waals surface area contributed by atoms with Crippen LogP contribution in [0.3, 0.4) is 0 Å². The van der Waals surface area contributed by atoms with Gasteiger partial charge >= 0.3 is 0 Å². The summed E-state index contributed by atoms with van der Waals surface area (Å²) in [5.74, 6) is -0.620. The molecule has 2 heterocycles. The van der Waals surface area contributed by atoms with Crippen LogP contribution in [-0.2, 0) is 11.3 Å². The van der Waals surface area contributed by atoms with E-state index in [0.717, 1.165) is 0 Å². The Bertz CT molecular complexity index is 356. The smallest absolute Gasteiger partial charge is 0.255 e. The molecule has 0 bridgehead atoms. The van der Waals surface area contributed by atoms with Gasteiger partial charge in [-0.15, -0.1) is 0 Å². The molecular formula is C9H10FNO3. The summed E-state index contributed by atoms with van der Waals surface area (Å²) >= 11 is 0. The fraction of sp³-hybridized carbons (Fsp3) is 0.444. The molecule has 2 rings (SSSR count). The first-order valence-electron chi connectivity index (χ1n) is 4.21. The molecule has 1 atom stereocenters. The molecule has 1 aliphatic heterocycles. The van der Waals surface area contributed by atoms with Gasteiger partial charge in [0.25, 0.3) is 5.95 Å². The highest BCUT2D eigenvalue weighted by atomic mass is 19.1. The van der Waals surface area contributed by atoms with Crippen molar-refractivity contribution in [3.63, 3.8) is 0 Å². The van der Waals surface area contributed by atoms with Gasteiger partial charge in [0.2, 0.25) is 0 Å². The van der Waals surface area contributed by atoms with E-state index in [1.807, 2.05) is 0 Å². The number of aliphatic hydroxyl groups excluding tert-OH is 1. The Morgan fingerprint density at radius 3 is 3.21 bits per heavy atom. The van der Waals surface area contributed by atoms with Crippen molar-refractivity contribution in [3.05, 3.63) is 23.3 Å². The van der Waals surface area contributed by atoms with Gasteiger partial charge in [0.05, 0.1) is 20.3 Å². The SMILES string of the molecule is COc1c(F)ncc2c1COCC2O. The van der Waals surface area contributed by atoms with Crippen LogP contribution in [0.5, 0.6) is 5.75 Å². The molecule has 1 aromatic heterocycles. The minimum Gasteiger partial charge on any atom is -0.492 e. The summed E-state index contributed by atoms with van der Waals surface area (Å²) in [6.45, 7) is 0.457. The molecular weight excluding hydrogens is 189 g/mol. The van der Waals surface area contributed by atoms with Gasteiger partial charge in [-0.2, -0.15) is 4.39 Å². The summed E-state index contributed by atoms with van der Waals surface area (Å²) in [5, 5.41) is 9.53. The molecule has 0 radical (unpaired) electrons. The lowest BCUT2D eigenvalue weighted by Gasteiger charge is -2.22. The molecule has 1 aliphatic rings. The van der Waals surface area contributed by atoms with E-state index in [4.69, 9.17) is 9.47 Å². The Kier molecular flexibility index (Phi) is 2.35. The van der Waals surface area contributed by atoms with Gasteiger partial charge < -0.3 is 14.6 Å². The molecule has 0 aromatic carbocycles. The number of fused-ring (bicyclic) bond motifs is 1. The molecule has 4 nitrogen and oxygen atoms in total. The van der Waals surface area contributed by atoms with Gasteiger partial charge in [-0.1, -0.05) is 0 Å². The molecule has 0 aliphatic carbocycles. The number of ether oxygens (including phenoxy) is 2. The first-order valence-corrected chi connectivity index (χ1v) is 4.21. The molecule has 1 N–H and O–H groups in total. The van der Waals surface area contributed by atoms with Crippen molar-refractivity contribution in [2.45, 2.75) is 12.7 Å². The molecule has 1 unspecified atom stereocenters. The van der Waals surface area contributed by atoms with Crippen molar-refractivity contribution in [1.29, 1.82) is 0 Å². The van der Waals surface area contributed by atoms with Crippen molar-refractivity contribution in [1.82, 2.24) is 4.98 Å². The number of rotatable bonds is 1. The van der Waals surface area contributed by atoms with Crippen LogP contribution in [0.15, 0.2) is 6.20 Å². The third kappa shape index (κ3) is 1.34. The Morgan fingerprint density at radius 2 is 2.50 bits per heavy atom. The van der Waals surface area contributed by atoms with Gasteiger partial charge in [0.15, 0.2) is 5.75 Å². The van der Waals surface area contributed by atoms with Crippen LogP contribution in [0, 0.1) is 5.95 Å². The number of aromatic nitrogens is 1. The predicted molar refractivity (Wildman–Crippen MR) is 45.4 cm³/mol. The number of nitrogens with zero attached hydrogens (tertiary/aromatic N) is 1. The third-order valence-electron chi connectivity index (χ3n) is 2.21. The lowest BCUT2D eigenvalue weighted by molar-refractivity contribution is 0.00793. The van der Waals surface area contributed by atoms with Crippen LogP contribution in [0.1, 0.15) is 17.2 Å². The second-order valence-electron chi connectivity index (χ2n) is 3.05. The number of halogens is 1. The largest absolute Gasteiger partial charge is 0.492 e.